The van der Waals surface area contributed by atoms with Crippen molar-refractivity contribution in [3.05, 3.63) is 5.89 Å². The van der Waals surface area contributed by atoms with E-state index in [0.717, 1.165) is 18.8 Å². The van der Waals surface area contributed by atoms with Crippen LogP contribution in [0.2, 0.25) is 0 Å². The van der Waals surface area contributed by atoms with E-state index >= 15 is 0 Å². The summed E-state index contributed by atoms with van der Waals surface area (Å²) in [6.45, 7) is 6.86. The second-order valence-electron chi connectivity index (χ2n) is 4.42. The van der Waals surface area contributed by atoms with Crippen LogP contribution in [0.1, 0.15) is 19.7 Å². The Morgan fingerprint density at radius 3 is 2.82 bits per heavy atom. The normalized spacial score (nSPS) is 11.1. The predicted octanol–water partition coefficient (Wildman–Crippen LogP) is 1.61. The predicted molar refractivity (Wildman–Crippen MR) is 72.5 cm³/mol. The van der Waals surface area contributed by atoms with E-state index in [-0.39, 0.29) is 0 Å². The molecule has 0 aliphatic heterocycles. The number of anilines is 1. The largest absolute Gasteiger partial charge is 0.407 e. The first-order chi connectivity index (χ1) is 8.13. The molecule has 5 nitrogen and oxygen atoms in total. The van der Waals surface area contributed by atoms with Gasteiger partial charge in [-0.15, -0.1) is 5.10 Å². The topological polar surface area (TPSA) is 54.2 Å². The summed E-state index contributed by atoms with van der Waals surface area (Å²) in [4.78, 5) is 1.98. The van der Waals surface area contributed by atoms with Gasteiger partial charge in [-0.2, -0.15) is 11.8 Å². The van der Waals surface area contributed by atoms with Gasteiger partial charge in [-0.3, -0.25) is 0 Å². The number of aromatic nitrogens is 2. The third-order valence-corrected chi connectivity index (χ3v) is 2.83. The van der Waals surface area contributed by atoms with Gasteiger partial charge in [0.25, 0.3) is 0 Å². The van der Waals surface area contributed by atoms with Crippen LogP contribution in [0.25, 0.3) is 0 Å². The highest BCUT2D eigenvalue weighted by atomic mass is 32.2. The number of nitrogens with zero attached hydrogens (tertiary/aromatic N) is 3. The molecule has 0 radical (unpaired) electrons. The Balaban J connectivity index is 2.36. The van der Waals surface area contributed by atoms with Crippen LogP contribution in [0.3, 0.4) is 0 Å². The summed E-state index contributed by atoms with van der Waals surface area (Å²) >= 11 is 1.80. The van der Waals surface area contributed by atoms with Crippen LogP contribution in [-0.2, 0) is 6.54 Å². The zero-order valence-electron chi connectivity index (χ0n) is 11.1. The summed E-state index contributed by atoms with van der Waals surface area (Å²) in [6.07, 6.45) is 2.09. The zero-order chi connectivity index (χ0) is 12.7. The minimum absolute atomic E-state index is 0.598. The second kappa shape index (κ2) is 7.55. The summed E-state index contributed by atoms with van der Waals surface area (Å²) in [6, 6.07) is 0.598. The van der Waals surface area contributed by atoms with Crippen molar-refractivity contribution in [3.63, 3.8) is 0 Å². The van der Waals surface area contributed by atoms with Crippen LogP contribution in [0.5, 0.6) is 0 Å². The molecule has 0 unspecified atom stereocenters. The maximum Gasteiger partial charge on any atom is 0.317 e. The molecule has 1 aromatic heterocycles. The van der Waals surface area contributed by atoms with Crippen molar-refractivity contribution in [1.29, 1.82) is 0 Å². The van der Waals surface area contributed by atoms with Crippen LogP contribution >= 0.6 is 11.8 Å². The number of rotatable bonds is 8. The van der Waals surface area contributed by atoms with Crippen LogP contribution < -0.4 is 10.2 Å². The molecule has 0 bridgehead atoms. The van der Waals surface area contributed by atoms with Crippen molar-refractivity contribution in [2.24, 2.45) is 5.92 Å². The maximum absolute atomic E-state index is 5.56. The molecule has 6 heteroatoms. The van der Waals surface area contributed by atoms with E-state index in [1.165, 1.54) is 0 Å². The molecule has 98 valence electrons. The smallest absolute Gasteiger partial charge is 0.317 e. The van der Waals surface area contributed by atoms with Crippen molar-refractivity contribution in [2.45, 2.75) is 20.4 Å². The Kier molecular flexibility index (Phi) is 6.36. The Morgan fingerprint density at radius 1 is 1.41 bits per heavy atom. The minimum Gasteiger partial charge on any atom is -0.407 e. The highest BCUT2D eigenvalue weighted by molar-refractivity contribution is 7.98. The van der Waals surface area contributed by atoms with E-state index in [9.17, 15) is 0 Å². The molecule has 1 aromatic rings. The lowest BCUT2D eigenvalue weighted by atomic mass is 10.2. The monoisotopic (exact) mass is 258 g/mol. The van der Waals surface area contributed by atoms with E-state index < -0.39 is 0 Å². The third-order valence-electron chi connectivity index (χ3n) is 2.24. The first-order valence-corrected chi connectivity index (χ1v) is 7.26. The van der Waals surface area contributed by atoms with Gasteiger partial charge in [-0.1, -0.05) is 18.9 Å². The average molecular weight is 258 g/mol. The van der Waals surface area contributed by atoms with Crippen LogP contribution in [0.4, 0.5) is 6.01 Å². The highest BCUT2D eigenvalue weighted by Gasteiger charge is 2.09. The van der Waals surface area contributed by atoms with Crippen LogP contribution in [0, 0.1) is 5.92 Å². The van der Waals surface area contributed by atoms with E-state index in [2.05, 4.69) is 35.6 Å². The first-order valence-electron chi connectivity index (χ1n) is 5.86. The van der Waals surface area contributed by atoms with E-state index in [0.29, 0.717) is 24.4 Å². The molecule has 0 fully saturated rings. The molecule has 0 amide bonds. The van der Waals surface area contributed by atoms with Crippen molar-refractivity contribution in [2.75, 3.05) is 37.0 Å². The number of hydrogen-bond acceptors (Lipinski definition) is 6. The Hall–Kier alpha value is -0.750. The molecule has 0 aromatic carbocycles. The summed E-state index contributed by atoms with van der Waals surface area (Å²) in [5.41, 5.74) is 0. The molecule has 0 aliphatic carbocycles. The van der Waals surface area contributed by atoms with Gasteiger partial charge in [0.2, 0.25) is 5.89 Å². The summed E-state index contributed by atoms with van der Waals surface area (Å²) in [5.74, 6) is 2.33. The molecule has 0 saturated carbocycles. The molecular formula is C11H22N4OS. The zero-order valence-corrected chi connectivity index (χ0v) is 11.9. The van der Waals surface area contributed by atoms with Crippen LogP contribution in [-0.4, -0.2) is 42.3 Å². The lowest BCUT2D eigenvalue weighted by Gasteiger charge is -2.12. The fraction of sp³-hybridized carbons (Fsp3) is 0.818. The maximum atomic E-state index is 5.56. The second-order valence-corrected chi connectivity index (χ2v) is 5.40. The van der Waals surface area contributed by atoms with Crippen molar-refractivity contribution < 1.29 is 4.42 Å². The van der Waals surface area contributed by atoms with Gasteiger partial charge in [-0.25, -0.2) is 0 Å². The standard InChI is InChI=1S/C11H22N4OS/c1-9(2)7-12-8-10-13-14-11(16-10)15(3)5-6-17-4/h9,12H,5-8H2,1-4H3. The molecule has 1 N–H and O–H groups in total. The number of hydrogen-bond donors (Lipinski definition) is 1. The van der Waals surface area contributed by atoms with Gasteiger partial charge < -0.3 is 14.6 Å². The van der Waals surface area contributed by atoms with E-state index in [1.54, 1.807) is 11.8 Å². The highest BCUT2D eigenvalue weighted by Crippen LogP contribution is 2.10. The van der Waals surface area contributed by atoms with Crippen molar-refractivity contribution in [3.8, 4) is 0 Å². The Bertz CT molecular complexity index is 316. The molecule has 1 heterocycles. The number of thioether (sulfide) groups is 1. The van der Waals surface area contributed by atoms with Crippen molar-refractivity contribution >= 4 is 17.8 Å². The first kappa shape index (κ1) is 14.3. The molecule has 17 heavy (non-hydrogen) atoms. The quantitative estimate of drug-likeness (QED) is 0.764. The average Bonchev–Trinajstić information content (AvgIpc) is 2.74. The SMILES string of the molecule is CSCCN(C)c1nnc(CNCC(C)C)o1. The van der Waals surface area contributed by atoms with Crippen LogP contribution in [0.15, 0.2) is 4.42 Å². The number of nitrogens with one attached hydrogen (secondary N) is 1. The van der Waals surface area contributed by atoms with Gasteiger partial charge >= 0.3 is 6.01 Å². The van der Waals surface area contributed by atoms with Gasteiger partial charge in [0.15, 0.2) is 0 Å². The minimum atomic E-state index is 0.598. The Morgan fingerprint density at radius 2 is 2.18 bits per heavy atom. The lowest BCUT2D eigenvalue weighted by molar-refractivity contribution is 0.451. The molecule has 0 atom stereocenters. The molecule has 0 aliphatic rings. The third kappa shape index (κ3) is 5.41. The van der Waals surface area contributed by atoms with Gasteiger partial charge in [0.1, 0.15) is 0 Å². The summed E-state index contributed by atoms with van der Waals surface area (Å²) in [5, 5.41) is 11.3. The van der Waals surface area contributed by atoms with Gasteiger partial charge in [0.05, 0.1) is 6.54 Å². The van der Waals surface area contributed by atoms with Gasteiger partial charge in [0, 0.05) is 19.3 Å². The fourth-order valence-electron chi connectivity index (χ4n) is 1.26. The van der Waals surface area contributed by atoms with E-state index in [1.807, 2.05) is 11.9 Å². The summed E-state index contributed by atoms with van der Waals surface area (Å²) in [7, 11) is 1.97. The summed E-state index contributed by atoms with van der Waals surface area (Å²) < 4.78 is 5.56. The lowest BCUT2D eigenvalue weighted by Crippen LogP contribution is -2.20. The van der Waals surface area contributed by atoms with Crippen molar-refractivity contribution in [1.82, 2.24) is 15.5 Å². The Labute approximate surface area is 107 Å². The van der Waals surface area contributed by atoms with Gasteiger partial charge in [-0.05, 0) is 18.7 Å². The molecular weight excluding hydrogens is 236 g/mol. The van der Waals surface area contributed by atoms with E-state index in [4.69, 9.17) is 4.42 Å². The molecule has 0 saturated heterocycles. The molecule has 1 rings (SSSR count). The fourth-order valence-corrected chi connectivity index (χ4v) is 1.72. The molecule has 0 spiro atoms.